The maximum absolute atomic E-state index is 13.5. The second-order valence-electron chi connectivity index (χ2n) is 5.81. The van der Waals surface area contributed by atoms with Crippen LogP contribution in [0.25, 0.3) is 6.08 Å². The fourth-order valence-corrected chi connectivity index (χ4v) is 3.17. The minimum atomic E-state index is -4.54. The topological polar surface area (TPSA) is 17.1 Å². The van der Waals surface area contributed by atoms with Gasteiger partial charge in [-0.2, -0.15) is 13.2 Å². The number of carbonyl (C=O) groups is 1. The largest absolute Gasteiger partial charge is 0.399 e. The first-order chi connectivity index (χ1) is 12.0. The molecule has 0 aliphatic carbocycles. The third-order valence-electron chi connectivity index (χ3n) is 3.83. The fourth-order valence-electron chi connectivity index (χ4n) is 2.56. The summed E-state index contributed by atoms with van der Waals surface area (Å²) < 4.78 is 40.5. The van der Waals surface area contributed by atoms with Crippen molar-refractivity contribution in [1.82, 2.24) is 0 Å². The molecule has 0 fully saturated rings. The van der Waals surface area contributed by atoms with E-state index >= 15 is 0 Å². The fraction of sp³-hybridized carbons (Fsp3) is 0.167. The molecule has 2 aromatic rings. The van der Waals surface area contributed by atoms with E-state index < -0.39 is 12.1 Å². The first-order valence-electron chi connectivity index (χ1n) is 7.51. The van der Waals surface area contributed by atoms with Crippen molar-refractivity contribution in [3.8, 4) is 0 Å². The monoisotopic (exact) mass is 418 g/mol. The van der Waals surface area contributed by atoms with Crippen LogP contribution in [-0.4, -0.2) is 19.8 Å². The van der Waals surface area contributed by atoms with Crippen LogP contribution < -0.4 is 5.46 Å². The molecule has 0 N–H and O–H groups in total. The summed E-state index contributed by atoms with van der Waals surface area (Å²) >= 11 is 17.5. The van der Waals surface area contributed by atoms with Gasteiger partial charge in [-0.1, -0.05) is 70.6 Å². The summed E-state index contributed by atoms with van der Waals surface area (Å²) in [4.78, 5) is 11.4. The number of allylic oxidation sites excluding steroid dienone is 1. The van der Waals surface area contributed by atoms with E-state index in [1.165, 1.54) is 13.0 Å². The molecule has 0 aromatic heterocycles. The van der Waals surface area contributed by atoms with Gasteiger partial charge in [0.05, 0.1) is 21.0 Å². The highest BCUT2D eigenvalue weighted by Gasteiger charge is 2.39. The van der Waals surface area contributed by atoms with Crippen molar-refractivity contribution in [3.63, 3.8) is 0 Å². The summed E-state index contributed by atoms with van der Waals surface area (Å²) in [6.45, 7) is 1.44. The summed E-state index contributed by atoms with van der Waals surface area (Å²) in [6, 6.07) is 7.15. The lowest BCUT2D eigenvalue weighted by atomic mass is 9.87. The van der Waals surface area contributed by atoms with E-state index in [0.29, 0.717) is 16.6 Å². The Morgan fingerprint density at radius 1 is 1.12 bits per heavy atom. The SMILES string of the molecule is Bc1cc(/C=C/C(c2cc(Cl)c(Cl)c(Cl)c2)C(F)(F)F)ccc1C(C)=O. The molecule has 1 atom stereocenters. The molecule has 0 amide bonds. The van der Waals surface area contributed by atoms with Gasteiger partial charge in [-0.15, -0.1) is 0 Å². The van der Waals surface area contributed by atoms with Crippen molar-refractivity contribution in [2.24, 2.45) is 0 Å². The van der Waals surface area contributed by atoms with Gasteiger partial charge in [0.2, 0.25) is 0 Å². The van der Waals surface area contributed by atoms with E-state index in [9.17, 15) is 18.0 Å². The molecule has 0 aliphatic heterocycles. The average Bonchev–Trinajstić information content (AvgIpc) is 2.51. The predicted molar refractivity (Wildman–Crippen MR) is 104 cm³/mol. The highest BCUT2D eigenvalue weighted by atomic mass is 35.5. The van der Waals surface area contributed by atoms with Gasteiger partial charge in [0.1, 0.15) is 7.85 Å². The summed E-state index contributed by atoms with van der Waals surface area (Å²) in [7, 11) is 1.73. The highest BCUT2D eigenvalue weighted by molar-refractivity contribution is 6.48. The molecule has 0 saturated heterocycles. The number of hydrogen-bond acceptors (Lipinski definition) is 1. The lowest BCUT2D eigenvalue weighted by molar-refractivity contribution is -0.139. The van der Waals surface area contributed by atoms with Crippen molar-refractivity contribution in [2.45, 2.75) is 19.0 Å². The molecule has 0 bridgehead atoms. The zero-order valence-corrected chi connectivity index (χ0v) is 16.1. The molecule has 0 spiro atoms. The normalized spacial score (nSPS) is 13.2. The summed E-state index contributed by atoms with van der Waals surface area (Å²) in [5.74, 6) is -2.00. The molecule has 0 aliphatic rings. The number of alkyl halides is 3. The van der Waals surface area contributed by atoms with Crippen LogP contribution in [0, 0.1) is 0 Å². The number of carbonyl (C=O) groups excluding carboxylic acids is 1. The second-order valence-corrected chi connectivity index (χ2v) is 7.00. The van der Waals surface area contributed by atoms with Crippen LogP contribution in [0.5, 0.6) is 0 Å². The molecule has 1 unspecified atom stereocenters. The van der Waals surface area contributed by atoms with Crippen LogP contribution in [0.15, 0.2) is 36.4 Å². The maximum Gasteiger partial charge on any atom is 0.399 e. The summed E-state index contributed by atoms with van der Waals surface area (Å²) in [6.07, 6.45) is -2.16. The van der Waals surface area contributed by atoms with Gasteiger partial charge in [-0.25, -0.2) is 0 Å². The predicted octanol–water partition coefficient (Wildman–Crippen LogP) is 5.47. The van der Waals surface area contributed by atoms with Gasteiger partial charge >= 0.3 is 6.18 Å². The van der Waals surface area contributed by atoms with E-state index in [0.717, 1.165) is 18.2 Å². The third-order valence-corrected chi connectivity index (χ3v) is 5.03. The van der Waals surface area contributed by atoms with Gasteiger partial charge < -0.3 is 0 Å². The Hall–Kier alpha value is -1.43. The van der Waals surface area contributed by atoms with Crippen LogP contribution in [-0.2, 0) is 0 Å². The zero-order chi connectivity index (χ0) is 19.6. The quantitative estimate of drug-likeness (QED) is 0.365. The van der Waals surface area contributed by atoms with Crippen molar-refractivity contribution < 1.29 is 18.0 Å². The molecule has 0 saturated carbocycles. The minimum Gasteiger partial charge on any atom is -0.295 e. The smallest absolute Gasteiger partial charge is 0.295 e. The van der Waals surface area contributed by atoms with E-state index in [2.05, 4.69) is 0 Å². The van der Waals surface area contributed by atoms with Crippen LogP contribution in [0.2, 0.25) is 15.1 Å². The molecule has 2 aromatic carbocycles. The number of rotatable bonds is 4. The van der Waals surface area contributed by atoms with Crippen molar-refractivity contribution in [2.75, 3.05) is 0 Å². The Morgan fingerprint density at radius 2 is 1.69 bits per heavy atom. The van der Waals surface area contributed by atoms with Crippen molar-refractivity contribution in [1.29, 1.82) is 0 Å². The maximum atomic E-state index is 13.5. The highest BCUT2D eigenvalue weighted by Crippen LogP contribution is 2.41. The van der Waals surface area contributed by atoms with Gasteiger partial charge in [0.25, 0.3) is 0 Å². The third kappa shape index (κ3) is 4.84. The standard InChI is InChI=1S/C18H13BCl3F3O/c1-9(26)12-4-2-10(6-14(12)19)3-5-13(18(23,24)25)11-7-15(20)17(22)16(21)8-11/h2-8,13H,19H2,1H3/b5-3+. The van der Waals surface area contributed by atoms with E-state index in [1.54, 1.807) is 26.0 Å². The van der Waals surface area contributed by atoms with E-state index in [1.807, 2.05) is 0 Å². The van der Waals surface area contributed by atoms with Gasteiger partial charge in [0.15, 0.2) is 5.78 Å². The Bertz CT molecular complexity index is 855. The van der Waals surface area contributed by atoms with Crippen molar-refractivity contribution in [3.05, 3.63) is 68.2 Å². The van der Waals surface area contributed by atoms with Gasteiger partial charge in [0, 0.05) is 5.56 Å². The molecule has 0 radical (unpaired) electrons. The summed E-state index contributed by atoms with van der Waals surface area (Å²) in [5.41, 5.74) is 1.67. The van der Waals surface area contributed by atoms with Gasteiger partial charge in [-0.05, 0) is 30.2 Å². The lowest BCUT2D eigenvalue weighted by Gasteiger charge is -2.18. The second kappa shape index (κ2) is 8.07. The van der Waals surface area contributed by atoms with Crippen LogP contribution in [0.1, 0.15) is 34.3 Å². The number of benzene rings is 2. The van der Waals surface area contributed by atoms with Crippen molar-refractivity contribution >= 4 is 60.0 Å². The first kappa shape index (κ1) is 20.9. The number of Topliss-reactive ketones (excluding diaryl/α,β-unsaturated/α-hetero) is 1. The van der Waals surface area contributed by atoms with Crippen LogP contribution in [0.3, 0.4) is 0 Å². The Morgan fingerprint density at radius 3 is 2.15 bits per heavy atom. The first-order valence-corrected chi connectivity index (χ1v) is 8.65. The zero-order valence-electron chi connectivity index (χ0n) is 13.8. The molecule has 8 heteroatoms. The minimum absolute atomic E-state index is 0.0115. The molecule has 26 heavy (non-hydrogen) atoms. The van der Waals surface area contributed by atoms with E-state index in [-0.39, 0.29) is 26.4 Å². The molecule has 1 nitrogen and oxygen atoms in total. The number of ketones is 1. The Balaban J connectivity index is 2.42. The summed E-state index contributed by atoms with van der Waals surface area (Å²) in [5, 5.41) is -0.0746. The van der Waals surface area contributed by atoms with Gasteiger partial charge in [-0.3, -0.25) is 4.79 Å². The number of hydrogen-bond donors (Lipinski definition) is 0. The molecule has 0 heterocycles. The van der Waals surface area contributed by atoms with E-state index in [4.69, 9.17) is 34.8 Å². The Labute approximate surface area is 165 Å². The average molecular weight is 419 g/mol. The Kier molecular flexibility index (Phi) is 6.48. The number of halogens is 6. The lowest BCUT2D eigenvalue weighted by Crippen LogP contribution is -2.19. The molecule has 136 valence electrons. The molecule has 2 rings (SSSR count). The molecular formula is C18H13BCl3F3O. The molecular weight excluding hydrogens is 406 g/mol. The van der Waals surface area contributed by atoms with Crippen LogP contribution in [0.4, 0.5) is 13.2 Å². The van der Waals surface area contributed by atoms with Crippen LogP contribution >= 0.6 is 34.8 Å².